The minimum absolute atomic E-state index is 0.0955. The summed E-state index contributed by atoms with van der Waals surface area (Å²) in [6.07, 6.45) is 2.29. The van der Waals surface area contributed by atoms with Gasteiger partial charge in [0.2, 0.25) is 0 Å². The normalized spacial score (nSPS) is 17.7. The number of rotatable bonds is 5. The van der Waals surface area contributed by atoms with E-state index in [4.69, 9.17) is 4.98 Å². The molecule has 0 unspecified atom stereocenters. The van der Waals surface area contributed by atoms with E-state index in [1.165, 1.54) is 5.56 Å². The standard InChI is InChI=1S/C26H31N5O/c1-29-13-15-30(16-14-29)19-20-7-6-9-22(17-20)27-26(32)23-18-21-8-2-3-10-24(21)28-25(23)31-11-4-5-12-31/h2-3,6-10,17-18H,4-5,11-16,19H2,1H3,(H,27,32). The lowest BCUT2D eigenvalue weighted by Crippen LogP contribution is -2.43. The molecular formula is C26H31N5O. The number of nitrogens with zero attached hydrogens (tertiary/aromatic N) is 4. The Morgan fingerprint density at radius 3 is 2.53 bits per heavy atom. The molecule has 0 radical (unpaired) electrons. The van der Waals surface area contributed by atoms with Gasteiger partial charge in [-0.1, -0.05) is 30.3 Å². The molecule has 0 saturated carbocycles. The zero-order valence-electron chi connectivity index (χ0n) is 18.8. The molecule has 0 spiro atoms. The van der Waals surface area contributed by atoms with E-state index in [1.54, 1.807) is 0 Å². The Bertz CT molecular complexity index is 1100. The van der Waals surface area contributed by atoms with Crippen LogP contribution in [0.3, 0.4) is 0 Å². The van der Waals surface area contributed by atoms with Crippen LogP contribution in [-0.2, 0) is 6.54 Å². The van der Waals surface area contributed by atoms with Crippen LogP contribution in [0.1, 0.15) is 28.8 Å². The van der Waals surface area contributed by atoms with E-state index < -0.39 is 0 Å². The van der Waals surface area contributed by atoms with Crippen LogP contribution in [0, 0.1) is 0 Å². The predicted octanol–water partition coefficient (Wildman–Crippen LogP) is 3.83. The van der Waals surface area contributed by atoms with Gasteiger partial charge in [-0.25, -0.2) is 4.98 Å². The average molecular weight is 430 g/mol. The molecule has 1 N–H and O–H groups in total. The Morgan fingerprint density at radius 2 is 1.72 bits per heavy atom. The van der Waals surface area contributed by atoms with Gasteiger partial charge in [0, 0.05) is 56.9 Å². The van der Waals surface area contributed by atoms with Crippen LogP contribution >= 0.6 is 0 Å². The number of aromatic nitrogens is 1. The number of hydrogen-bond donors (Lipinski definition) is 1. The van der Waals surface area contributed by atoms with Crippen molar-refractivity contribution in [3.05, 3.63) is 65.7 Å². The van der Waals surface area contributed by atoms with Crippen LogP contribution in [0.4, 0.5) is 11.5 Å². The van der Waals surface area contributed by atoms with Crippen LogP contribution < -0.4 is 10.2 Å². The summed E-state index contributed by atoms with van der Waals surface area (Å²) in [4.78, 5) is 25.3. The number of carbonyl (C=O) groups is 1. The third-order valence-corrected chi connectivity index (χ3v) is 6.54. The minimum atomic E-state index is -0.0955. The first kappa shape index (κ1) is 20.9. The highest BCUT2D eigenvalue weighted by molar-refractivity contribution is 6.09. The second kappa shape index (κ2) is 9.27. The third-order valence-electron chi connectivity index (χ3n) is 6.54. The molecule has 2 fully saturated rings. The van der Waals surface area contributed by atoms with Crippen molar-refractivity contribution in [2.24, 2.45) is 0 Å². The summed E-state index contributed by atoms with van der Waals surface area (Å²) in [5.74, 6) is 0.703. The number of nitrogens with one attached hydrogen (secondary N) is 1. The zero-order valence-corrected chi connectivity index (χ0v) is 18.8. The average Bonchev–Trinajstić information content (AvgIpc) is 3.35. The maximum absolute atomic E-state index is 13.4. The van der Waals surface area contributed by atoms with E-state index in [1.807, 2.05) is 42.5 Å². The highest BCUT2D eigenvalue weighted by Crippen LogP contribution is 2.27. The number of carbonyl (C=O) groups excluding carboxylic acids is 1. The van der Waals surface area contributed by atoms with Gasteiger partial charge < -0.3 is 15.1 Å². The molecule has 166 valence electrons. The van der Waals surface area contributed by atoms with Crippen LogP contribution in [-0.4, -0.2) is 67.0 Å². The Balaban J connectivity index is 1.37. The summed E-state index contributed by atoms with van der Waals surface area (Å²) >= 11 is 0. The fourth-order valence-corrected chi connectivity index (χ4v) is 4.65. The maximum atomic E-state index is 13.4. The number of para-hydroxylation sites is 1. The van der Waals surface area contributed by atoms with Crippen molar-refractivity contribution in [2.75, 3.05) is 56.5 Å². The second-order valence-electron chi connectivity index (χ2n) is 8.98. The number of piperazine rings is 1. The van der Waals surface area contributed by atoms with Crippen LogP contribution in [0.2, 0.25) is 0 Å². The Morgan fingerprint density at radius 1 is 0.938 bits per heavy atom. The molecule has 2 aliphatic heterocycles. The molecular weight excluding hydrogens is 398 g/mol. The lowest BCUT2D eigenvalue weighted by Gasteiger charge is -2.32. The molecule has 1 aromatic heterocycles. The first-order valence-corrected chi connectivity index (χ1v) is 11.6. The van der Waals surface area contributed by atoms with Gasteiger partial charge in [-0.2, -0.15) is 0 Å². The second-order valence-corrected chi connectivity index (χ2v) is 8.98. The number of pyridine rings is 1. The van der Waals surface area contributed by atoms with E-state index in [-0.39, 0.29) is 5.91 Å². The first-order valence-electron chi connectivity index (χ1n) is 11.6. The summed E-state index contributed by atoms with van der Waals surface area (Å²) in [5.41, 5.74) is 3.64. The van der Waals surface area contributed by atoms with Gasteiger partial charge in [0.25, 0.3) is 5.91 Å². The summed E-state index contributed by atoms with van der Waals surface area (Å²) in [6, 6.07) is 18.2. The van der Waals surface area contributed by atoms with Crippen LogP contribution in [0.15, 0.2) is 54.6 Å². The van der Waals surface area contributed by atoms with Crippen molar-refractivity contribution in [2.45, 2.75) is 19.4 Å². The van der Waals surface area contributed by atoms with Crippen molar-refractivity contribution < 1.29 is 4.79 Å². The quantitative estimate of drug-likeness (QED) is 0.668. The molecule has 3 aromatic rings. The molecule has 0 atom stereocenters. The van der Waals surface area contributed by atoms with E-state index >= 15 is 0 Å². The lowest BCUT2D eigenvalue weighted by atomic mass is 10.1. The predicted molar refractivity (Wildman–Crippen MR) is 130 cm³/mol. The van der Waals surface area contributed by atoms with Crippen molar-refractivity contribution in [1.29, 1.82) is 0 Å². The summed E-state index contributed by atoms with van der Waals surface area (Å²) in [7, 11) is 2.17. The smallest absolute Gasteiger partial charge is 0.259 e. The molecule has 0 bridgehead atoms. The molecule has 5 rings (SSSR count). The molecule has 1 amide bonds. The minimum Gasteiger partial charge on any atom is -0.356 e. The van der Waals surface area contributed by atoms with E-state index in [9.17, 15) is 4.79 Å². The van der Waals surface area contributed by atoms with Crippen molar-refractivity contribution in [3.63, 3.8) is 0 Å². The zero-order chi connectivity index (χ0) is 21.9. The largest absolute Gasteiger partial charge is 0.356 e. The molecule has 0 aliphatic carbocycles. The van der Waals surface area contributed by atoms with Gasteiger partial charge in [0.15, 0.2) is 0 Å². The topological polar surface area (TPSA) is 51.7 Å². The fourth-order valence-electron chi connectivity index (χ4n) is 4.65. The number of anilines is 2. The van der Waals surface area contributed by atoms with E-state index in [2.05, 4.69) is 39.2 Å². The van der Waals surface area contributed by atoms with Gasteiger partial charge in [-0.15, -0.1) is 0 Å². The highest BCUT2D eigenvalue weighted by atomic mass is 16.1. The monoisotopic (exact) mass is 429 g/mol. The van der Waals surface area contributed by atoms with Crippen LogP contribution in [0.25, 0.3) is 10.9 Å². The lowest BCUT2D eigenvalue weighted by molar-refractivity contribution is 0.102. The Labute approximate surface area is 189 Å². The van der Waals surface area contributed by atoms with Gasteiger partial charge >= 0.3 is 0 Å². The van der Waals surface area contributed by atoms with Crippen molar-refractivity contribution in [1.82, 2.24) is 14.8 Å². The van der Waals surface area contributed by atoms with Crippen molar-refractivity contribution >= 4 is 28.3 Å². The van der Waals surface area contributed by atoms with E-state index in [0.717, 1.165) is 81.1 Å². The van der Waals surface area contributed by atoms with Crippen LogP contribution in [0.5, 0.6) is 0 Å². The highest BCUT2D eigenvalue weighted by Gasteiger charge is 2.22. The third kappa shape index (κ3) is 4.61. The number of hydrogen-bond acceptors (Lipinski definition) is 5. The molecule has 6 nitrogen and oxygen atoms in total. The van der Waals surface area contributed by atoms with E-state index in [0.29, 0.717) is 5.56 Å². The van der Waals surface area contributed by atoms with Crippen molar-refractivity contribution in [3.8, 4) is 0 Å². The number of amides is 1. The molecule has 3 heterocycles. The summed E-state index contributed by atoms with van der Waals surface area (Å²) in [6.45, 7) is 7.17. The fraction of sp³-hybridized carbons (Fsp3) is 0.385. The molecule has 2 aliphatic rings. The number of likely N-dealkylation sites (N-methyl/N-ethyl adjacent to an activating group) is 1. The van der Waals surface area contributed by atoms with Gasteiger partial charge in [0.05, 0.1) is 11.1 Å². The Kier molecular flexibility index (Phi) is 6.06. The molecule has 2 saturated heterocycles. The maximum Gasteiger partial charge on any atom is 0.259 e. The van der Waals surface area contributed by atoms with Gasteiger partial charge in [-0.05, 0) is 49.7 Å². The van der Waals surface area contributed by atoms with Gasteiger partial charge in [0.1, 0.15) is 5.82 Å². The SMILES string of the molecule is CN1CCN(Cc2cccc(NC(=O)c3cc4ccccc4nc3N3CCCC3)c2)CC1. The molecule has 32 heavy (non-hydrogen) atoms. The summed E-state index contributed by atoms with van der Waals surface area (Å²) < 4.78 is 0. The summed E-state index contributed by atoms with van der Waals surface area (Å²) in [5, 5.41) is 4.13. The molecule has 6 heteroatoms. The Hall–Kier alpha value is -2.96. The number of benzene rings is 2. The van der Waals surface area contributed by atoms with Gasteiger partial charge in [-0.3, -0.25) is 9.69 Å². The first-order chi connectivity index (χ1) is 15.7. The molecule has 2 aromatic carbocycles. The number of fused-ring (bicyclic) bond motifs is 1.